The number of rotatable bonds is 8. The molecule has 28 heavy (non-hydrogen) atoms. The molecule has 0 unspecified atom stereocenters. The minimum atomic E-state index is -1.19. The van der Waals surface area contributed by atoms with Crippen molar-refractivity contribution in [1.29, 1.82) is 0 Å². The van der Waals surface area contributed by atoms with Gasteiger partial charge in [-0.15, -0.1) is 0 Å². The molecule has 1 aliphatic heterocycles. The monoisotopic (exact) mass is 506 g/mol. The number of hydrogen-bond acceptors (Lipinski definition) is 2. The zero-order chi connectivity index (χ0) is 20.1. The Kier molecular flexibility index (Phi) is 6.94. The second kappa shape index (κ2) is 9.23. The molecule has 2 aromatic carbocycles. The van der Waals surface area contributed by atoms with Gasteiger partial charge in [-0.2, -0.15) is 0 Å². The van der Waals surface area contributed by atoms with Crippen LogP contribution in [-0.2, 0) is 10.3 Å². The van der Waals surface area contributed by atoms with Gasteiger partial charge in [0.25, 0.3) is 5.91 Å². The van der Waals surface area contributed by atoms with E-state index in [1.807, 2.05) is 48.5 Å². The second-order valence-electron chi connectivity index (χ2n) is 7.06. The molecule has 1 fully saturated rings. The SMILES string of the molecule is CCCCCCCN1C(=O)NC(c2ccc(Br)cc2)(c2ccc(Br)cc2)C1=O. The van der Waals surface area contributed by atoms with Crippen LogP contribution in [0, 0.1) is 0 Å². The number of nitrogens with zero attached hydrogens (tertiary/aromatic N) is 1. The van der Waals surface area contributed by atoms with Crippen molar-refractivity contribution in [2.45, 2.75) is 44.6 Å². The van der Waals surface area contributed by atoms with Crippen molar-refractivity contribution in [3.05, 3.63) is 68.6 Å². The molecular weight excluding hydrogens is 484 g/mol. The van der Waals surface area contributed by atoms with E-state index in [4.69, 9.17) is 0 Å². The summed E-state index contributed by atoms with van der Waals surface area (Å²) in [6.07, 6.45) is 5.33. The van der Waals surface area contributed by atoms with Crippen LogP contribution in [-0.4, -0.2) is 23.4 Å². The first-order valence-corrected chi connectivity index (χ1v) is 11.2. The highest BCUT2D eigenvalue weighted by Crippen LogP contribution is 2.37. The summed E-state index contributed by atoms with van der Waals surface area (Å²) in [4.78, 5) is 27.7. The van der Waals surface area contributed by atoms with Crippen LogP contribution < -0.4 is 5.32 Å². The number of carbonyl (C=O) groups is 2. The minimum absolute atomic E-state index is 0.211. The molecular formula is C22H24Br2N2O2. The predicted octanol–water partition coefficient (Wildman–Crippen LogP) is 5.98. The van der Waals surface area contributed by atoms with E-state index in [0.717, 1.165) is 39.3 Å². The summed E-state index contributed by atoms with van der Waals surface area (Å²) >= 11 is 6.88. The molecule has 1 saturated heterocycles. The average Bonchev–Trinajstić information content (AvgIpc) is 2.94. The number of urea groups is 1. The number of hydrogen-bond donors (Lipinski definition) is 1. The number of nitrogens with one attached hydrogen (secondary N) is 1. The lowest BCUT2D eigenvalue weighted by atomic mass is 9.82. The molecule has 1 aliphatic rings. The van der Waals surface area contributed by atoms with Crippen LogP contribution in [0.3, 0.4) is 0 Å². The number of halogens is 2. The van der Waals surface area contributed by atoms with Crippen LogP contribution in [0.2, 0.25) is 0 Å². The largest absolute Gasteiger partial charge is 0.325 e. The van der Waals surface area contributed by atoms with Gasteiger partial charge in [-0.3, -0.25) is 9.69 Å². The lowest BCUT2D eigenvalue weighted by Crippen LogP contribution is -2.45. The molecule has 0 radical (unpaired) electrons. The molecule has 148 valence electrons. The summed E-state index contributed by atoms with van der Waals surface area (Å²) in [7, 11) is 0. The van der Waals surface area contributed by atoms with Crippen molar-refractivity contribution in [2.75, 3.05) is 6.54 Å². The second-order valence-corrected chi connectivity index (χ2v) is 8.90. The zero-order valence-electron chi connectivity index (χ0n) is 15.9. The van der Waals surface area contributed by atoms with E-state index in [9.17, 15) is 9.59 Å². The number of unbranched alkanes of at least 4 members (excludes halogenated alkanes) is 4. The van der Waals surface area contributed by atoms with Crippen LogP contribution in [0.5, 0.6) is 0 Å². The summed E-state index contributed by atoms with van der Waals surface area (Å²) < 4.78 is 1.85. The Morgan fingerprint density at radius 2 is 1.32 bits per heavy atom. The van der Waals surface area contributed by atoms with Gasteiger partial charge < -0.3 is 5.32 Å². The fraction of sp³-hybridized carbons (Fsp3) is 0.364. The molecule has 6 heteroatoms. The van der Waals surface area contributed by atoms with Crippen LogP contribution in [0.15, 0.2) is 57.5 Å². The molecule has 0 aromatic heterocycles. The minimum Gasteiger partial charge on any atom is -0.315 e. The van der Waals surface area contributed by atoms with Gasteiger partial charge in [-0.1, -0.05) is 88.7 Å². The highest BCUT2D eigenvalue weighted by Gasteiger charge is 2.53. The van der Waals surface area contributed by atoms with E-state index < -0.39 is 5.54 Å². The standard InChI is InChI=1S/C22H24Br2N2O2/c1-2-3-4-5-6-15-26-20(27)22(25-21(26)28,16-7-11-18(23)12-8-16)17-9-13-19(24)14-10-17/h7-14H,2-6,15H2,1H3,(H,25,28). The first-order valence-electron chi connectivity index (χ1n) is 9.65. The van der Waals surface area contributed by atoms with Crippen LogP contribution >= 0.6 is 31.9 Å². The predicted molar refractivity (Wildman–Crippen MR) is 118 cm³/mol. The first-order chi connectivity index (χ1) is 13.5. The van der Waals surface area contributed by atoms with Gasteiger partial charge in [-0.25, -0.2) is 4.79 Å². The zero-order valence-corrected chi connectivity index (χ0v) is 19.1. The van der Waals surface area contributed by atoms with E-state index in [0.29, 0.717) is 6.54 Å². The Morgan fingerprint density at radius 3 is 1.82 bits per heavy atom. The van der Waals surface area contributed by atoms with Gasteiger partial charge in [0.1, 0.15) is 0 Å². The van der Waals surface area contributed by atoms with Crippen molar-refractivity contribution in [2.24, 2.45) is 0 Å². The van der Waals surface area contributed by atoms with E-state index in [1.54, 1.807) is 0 Å². The maximum absolute atomic E-state index is 13.5. The molecule has 0 atom stereocenters. The van der Waals surface area contributed by atoms with Crippen LogP contribution in [0.4, 0.5) is 4.79 Å². The summed E-state index contributed by atoms with van der Waals surface area (Å²) in [5, 5.41) is 3.00. The molecule has 1 N–H and O–H groups in total. The third-order valence-corrected chi connectivity index (χ3v) is 6.20. The van der Waals surface area contributed by atoms with Crippen molar-refractivity contribution in [1.82, 2.24) is 10.2 Å². The van der Waals surface area contributed by atoms with E-state index in [2.05, 4.69) is 44.1 Å². The van der Waals surface area contributed by atoms with Gasteiger partial charge in [0.2, 0.25) is 0 Å². The smallest absolute Gasteiger partial charge is 0.315 e. The third kappa shape index (κ3) is 4.18. The normalized spacial score (nSPS) is 15.8. The molecule has 0 bridgehead atoms. The highest BCUT2D eigenvalue weighted by atomic mass is 79.9. The number of carbonyl (C=O) groups excluding carboxylic acids is 2. The Hall–Kier alpha value is -1.66. The fourth-order valence-corrected chi connectivity index (χ4v) is 4.14. The molecule has 1 heterocycles. The van der Waals surface area contributed by atoms with Gasteiger partial charge in [0.15, 0.2) is 5.54 Å². The number of benzene rings is 2. The van der Waals surface area contributed by atoms with Crippen LogP contribution in [0.25, 0.3) is 0 Å². The quantitative estimate of drug-likeness (QED) is 0.353. The molecule has 2 aromatic rings. The Labute approximate surface area is 182 Å². The van der Waals surface area contributed by atoms with E-state index >= 15 is 0 Å². The molecule has 0 aliphatic carbocycles. The molecule has 3 rings (SSSR count). The lowest BCUT2D eigenvalue weighted by Gasteiger charge is -2.28. The Balaban J connectivity index is 1.93. The van der Waals surface area contributed by atoms with Crippen molar-refractivity contribution >= 4 is 43.8 Å². The van der Waals surface area contributed by atoms with Crippen molar-refractivity contribution in [3.8, 4) is 0 Å². The molecule has 3 amide bonds. The lowest BCUT2D eigenvalue weighted by molar-refractivity contribution is -0.130. The van der Waals surface area contributed by atoms with Gasteiger partial charge in [0, 0.05) is 15.5 Å². The van der Waals surface area contributed by atoms with Gasteiger partial charge in [0.05, 0.1) is 0 Å². The van der Waals surface area contributed by atoms with Gasteiger partial charge >= 0.3 is 6.03 Å². The van der Waals surface area contributed by atoms with Crippen molar-refractivity contribution < 1.29 is 9.59 Å². The topological polar surface area (TPSA) is 49.4 Å². The molecule has 0 spiro atoms. The maximum atomic E-state index is 13.5. The highest BCUT2D eigenvalue weighted by molar-refractivity contribution is 9.10. The molecule has 0 saturated carbocycles. The average molecular weight is 508 g/mol. The fourth-order valence-electron chi connectivity index (χ4n) is 3.61. The Morgan fingerprint density at radius 1 is 0.821 bits per heavy atom. The Bertz CT molecular complexity index is 789. The van der Waals surface area contributed by atoms with Gasteiger partial charge in [-0.05, 0) is 41.8 Å². The van der Waals surface area contributed by atoms with E-state index in [-0.39, 0.29) is 11.9 Å². The maximum Gasteiger partial charge on any atom is 0.325 e. The first kappa shape index (κ1) is 21.1. The third-order valence-electron chi connectivity index (χ3n) is 5.15. The number of amides is 3. The molecule has 4 nitrogen and oxygen atoms in total. The van der Waals surface area contributed by atoms with Crippen molar-refractivity contribution in [3.63, 3.8) is 0 Å². The summed E-state index contributed by atoms with van der Waals surface area (Å²) in [5.41, 5.74) is 0.316. The number of imide groups is 1. The summed E-state index contributed by atoms with van der Waals surface area (Å²) in [5.74, 6) is -0.211. The van der Waals surface area contributed by atoms with Crippen LogP contribution in [0.1, 0.15) is 50.2 Å². The van der Waals surface area contributed by atoms with E-state index in [1.165, 1.54) is 17.7 Å². The summed E-state index contributed by atoms with van der Waals surface area (Å²) in [6, 6.07) is 14.8. The summed E-state index contributed by atoms with van der Waals surface area (Å²) in [6.45, 7) is 2.62.